The molecular weight excluding hydrogens is 232 g/mol. The van der Waals surface area contributed by atoms with Gasteiger partial charge in [-0.15, -0.1) is 0 Å². The Kier molecular flexibility index (Phi) is 2.23. The number of imide groups is 1. The summed E-state index contributed by atoms with van der Waals surface area (Å²) < 4.78 is 1.66. The highest BCUT2D eigenvalue weighted by molar-refractivity contribution is 6.07. The molecule has 2 aliphatic rings. The molecule has 1 saturated carbocycles. The van der Waals surface area contributed by atoms with E-state index in [0.717, 1.165) is 18.5 Å². The van der Waals surface area contributed by atoms with Gasteiger partial charge in [0.1, 0.15) is 5.54 Å². The molecule has 0 spiro atoms. The van der Waals surface area contributed by atoms with Crippen molar-refractivity contribution in [1.82, 2.24) is 20.0 Å². The Bertz CT molecular complexity index is 520. The first-order chi connectivity index (χ1) is 8.50. The number of nitrogens with zero attached hydrogens (tertiary/aromatic N) is 3. The lowest BCUT2D eigenvalue weighted by atomic mass is 9.96. The Morgan fingerprint density at radius 1 is 1.50 bits per heavy atom. The van der Waals surface area contributed by atoms with E-state index in [1.165, 1.54) is 4.90 Å². The van der Waals surface area contributed by atoms with Gasteiger partial charge in [0, 0.05) is 13.2 Å². The van der Waals surface area contributed by atoms with E-state index in [2.05, 4.69) is 10.4 Å². The molecule has 1 aliphatic heterocycles. The van der Waals surface area contributed by atoms with Gasteiger partial charge in [-0.2, -0.15) is 5.10 Å². The van der Waals surface area contributed by atoms with Crippen LogP contribution in [-0.2, 0) is 18.4 Å². The van der Waals surface area contributed by atoms with Crippen LogP contribution in [0.1, 0.15) is 25.5 Å². The molecule has 1 aromatic rings. The van der Waals surface area contributed by atoms with Gasteiger partial charge in [0.2, 0.25) is 0 Å². The molecule has 6 nitrogen and oxygen atoms in total. The molecule has 6 heteroatoms. The van der Waals surface area contributed by atoms with Crippen LogP contribution in [0.5, 0.6) is 0 Å². The summed E-state index contributed by atoms with van der Waals surface area (Å²) in [6, 6.07) is 1.51. The second-order valence-corrected chi connectivity index (χ2v) is 5.28. The molecule has 1 aromatic heterocycles. The van der Waals surface area contributed by atoms with Gasteiger partial charge in [-0.05, 0) is 31.7 Å². The number of rotatable bonds is 3. The van der Waals surface area contributed by atoms with Crippen molar-refractivity contribution in [2.75, 3.05) is 0 Å². The van der Waals surface area contributed by atoms with Gasteiger partial charge in [0.25, 0.3) is 5.91 Å². The van der Waals surface area contributed by atoms with E-state index in [1.807, 2.05) is 20.0 Å². The highest BCUT2D eigenvalue weighted by atomic mass is 16.2. The molecule has 18 heavy (non-hydrogen) atoms. The van der Waals surface area contributed by atoms with Crippen molar-refractivity contribution in [3.8, 4) is 0 Å². The minimum atomic E-state index is -0.703. The zero-order valence-electron chi connectivity index (χ0n) is 10.5. The molecule has 3 amide bonds. The number of hydrogen-bond acceptors (Lipinski definition) is 3. The highest BCUT2D eigenvalue weighted by Crippen LogP contribution is 2.42. The lowest BCUT2D eigenvalue weighted by Crippen LogP contribution is -2.46. The van der Waals surface area contributed by atoms with E-state index in [-0.39, 0.29) is 18.5 Å². The van der Waals surface area contributed by atoms with Crippen LogP contribution in [0.2, 0.25) is 0 Å². The maximum atomic E-state index is 12.3. The second-order valence-electron chi connectivity index (χ2n) is 5.28. The Balaban J connectivity index is 1.80. The molecule has 1 saturated heterocycles. The number of carbonyl (C=O) groups is 2. The standard InChI is InChI=1S/C12H16N4O2/c1-12(8-3-4-8)10(17)16(11(18)13-12)7-9-5-6-15(2)14-9/h5-6,8H,3-4,7H2,1-2H3,(H,13,18)/t12-/m0/s1. The summed E-state index contributed by atoms with van der Waals surface area (Å²) in [5.41, 5.74) is 0.0207. The van der Waals surface area contributed by atoms with E-state index in [0.29, 0.717) is 5.92 Å². The molecule has 2 fully saturated rings. The zero-order chi connectivity index (χ0) is 12.9. The smallest absolute Gasteiger partial charge is 0.323 e. The van der Waals surface area contributed by atoms with Gasteiger partial charge in [0.05, 0.1) is 12.2 Å². The third-order valence-electron chi connectivity index (χ3n) is 3.78. The van der Waals surface area contributed by atoms with Crippen LogP contribution < -0.4 is 5.32 Å². The van der Waals surface area contributed by atoms with Crippen molar-refractivity contribution in [2.45, 2.75) is 31.8 Å². The molecule has 0 aromatic carbocycles. The maximum absolute atomic E-state index is 12.3. The minimum Gasteiger partial charge on any atom is -0.323 e. The van der Waals surface area contributed by atoms with E-state index in [1.54, 1.807) is 10.9 Å². The molecular formula is C12H16N4O2. The van der Waals surface area contributed by atoms with E-state index in [4.69, 9.17) is 0 Å². The Labute approximate surface area is 105 Å². The SMILES string of the molecule is Cn1ccc(CN2C(=O)N[C@@](C)(C3CC3)C2=O)n1. The first kappa shape index (κ1) is 11.3. The normalized spacial score (nSPS) is 27.8. The van der Waals surface area contributed by atoms with Crippen LogP contribution in [-0.4, -0.2) is 32.2 Å². The van der Waals surface area contributed by atoms with Gasteiger partial charge < -0.3 is 5.32 Å². The number of aromatic nitrogens is 2. The highest BCUT2D eigenvalue weighted by Gasteiger charge is 2.55. The van der Waals surface area contributed by atoms with Crippen molar-refractivity contribution in [3.63, 3.8) is 0 Å². The van der Waals surface area contributed by atoms with Crippen molar-refractivity contribution < 1.29 is 9.59 Å². The number of hydrogen-bond donors (Lipinski definition) is 1. The van der Waals surface area contributed by atoms with Crippen molar-refractivity contribution in [2.24, 2.45) is 13.0 Å². The Hall–Kier alpha value is -1.85. The Morgan fingerprint density at radius 2 is 2.22 bits per heavy atom. The lowest BCUT2D eigenvalue weighted by Gasteiger charge is -2.20. The quantitative estimate of drug-likeness (QED) is 0.798. The fourth-order valence-corrected chi connectivity index (χ4v) is 2.51. The van der Waals surface area contributed by atoms with E-state index in [9.17, 15) is 9.59 Å². The van der Waals surface area contributed by atoms with E-state index >= 15 is 0 Å². The molecule has 1 aliphatic carbocycles. The summed E-state index contributed by atoms with van der Waals surface area (Å²) in [4.78, 5) is 25.5. The molecule has 3 rings (SSSR count). The molecule has 1 N–H and O–H groups in total. The largest absolute Gasteiger partial charge is 0.325 e. The van der Waals surface area contributed by atoms with Crippen molar-refractivity contribution >= 4 is 11.9 Å². The lowest BCUT2D eigenvalue weighted by molar-refractivity contribution is -0.131. The van der Waals surface area contributed by atoms with Gasteiger partial charge in [-0.3, -0.25) is 14.4 Å². The Morgan fingerprint density at radius 3 is 2.78 bits per heavy atom. The molecule has 2 heterocycles. The van der Waals surface area contributed by atoms with Crippen LogP contribution in [0.3, 0.4) is 0 Å². The summed E-state index contributed by atoms with van der Waals surface area (Å²) in [6.07, 6.45) is 3.83. The van der Waals surface area contributed by atoms with E-state index < -0.39 is 5.54 Å². The zero-order valence-corrected chi connectivity index (χ0v) is 10.5. The maximum Gasteiger partial charge on any atom is 0.325 e. The van der Waals surface area contributed by atoms with Crippen LogP contribution in [0.25, 0.3) is 0 Å². The molecule has 0 bridgehead atoms. The minimum absolute atomic E-state index is 0.124. The summed E-state index contributed by atoms with van der Waals surface area (Å²) in [7, 11) is 1.81. The van der Waals surface area contributed by atoms with Crippen LogP contribution in [0.4, 0.5) is 4.79 Å². The topological polar surface area (TPSA) is 67.2 Å². The number of nitrogens with one attached hydrogen (secondary N) is 1. The first-order valence-electron chi connectivity index (χ1n) is 6.13. The van der Waals surface area contributed by atoms with Gasteiger partial charge in [-0.25, -0.2) is 4.79 Å². The van der Waals surface area contributed by atoms with Crippen LogP contribution in [0.15, 0.2) is 12.3 Å². The predicted octanol–water partition coefficient (Wildman–Crippen LogP) is 0.641. The van der Waals surface area contributed by atoms with Gasteiger partial charge >= 0.3 is 6.03 Å². The van der Waals surface area contributed by atoms with Crippen LogP contribution >= 0.6 is 0 Å². The number of amides is 3. The van der Waals surface area contributed by atoms with Crippen molar-refractivity contribution in [1.29, 1.82) is 0 Å². The number of carbonyl (C=O) groups excluding carboxylic acids is 2. The fraction of sp³-hybridized carbons (Fsp3) is 0.583. The molecule has 0 unspecified atom stereocenters. The van der Waals surface area contributed by atoms with Crippen molar-refractivity contribution in [3.05, 3.63) is 18.0 Å². The fourth-order valence-electron chi connectivity index (χ4n) is 2.51. The van der Waals surface area contributed by atoms with Gasteiger partial charge in [-0.1, -0.05) is 0 Å². The summed E-state index contributed by atoms with van der Waals surface area (Å²) in [5.74, 6) is 0.170. The average Bonchev–Trinajstić information content (AvgIpc) is 3.06. The summed E-state index contributed by atoms with van der Waals surface area (Å²) >= 11 is 0. The monoisotopic (exact) mass is 248 g/mol. The first-order valence-corrected chi connectivity index (χ1v) is 6.13. The summed E-state index contributed by atoms with van der Waals surface area (Å²) in [5, 5.41) is 7.02. The second kappa shape index (κ2) is 3.57. The van der Waals surface area contributed by atoms with Gasteiger partial charge in [0.15, 0.2) is 0 Å². The number of urea groups is 1. The molecule has 0 radical (unpaired) electrons. The third kappa shape index (κ3) is 1.60. The van der Waals surface area contributed by atoms with Crippen LogP contribution in [0, 0.1) is 5.92 Å². The molecule has 1 atom stereocenters. The number of aryl methyl sites for hydroxylation is 1. The summed E-state index contributed by atoms with van der Waals surface area (Å²) in [6.45, 7) is 2.07. The predicted molar refractivity (Wildman–Crippen MR) is 63.4 cm³/mol. The molecule has 96 valence electrons. The third-order valence-corrected chi connectivity index (χ3v) is 3.78. The average molecular weight is 248 g/mol.